The van der Waals surface area contributed by atoms with E-state index in [0.717, 1.165) is 22.4 Å². The molecule has 1 heterocycles. The first-order chi connectivity index (χ1) is 11.5. The van der Waals surface area contributed by atoms with Gasteiger partial charge in [-0.2, -0.15) is 0 Å². The summed E-state index contributed by atoms with van der Waals surface area (Å²) in [5.74, 6) is 1.08. The van der Waals surface area contributed by atoms with E-state index in [-0.39, 0.29) is 12.5 Å². The van der Waals surface area contributed by atoms with Gasteiger partial charge in [0.2, 0.25) is 0 Å². The van der Waals surface area contributed by atoms with E-state index in [9.17, 15) is 4.79 Å². The zero-order chi connectivity index (χ0) is 17.1. The van der Waals surface area contributed by atoms with Gasteiger partial charge >= 0.3 is 0 Å². The number of furan rings is 1. The Morgan fingerprint density at radius 2 is 1.67 bits per heavy atom. The summed E-state index contributed by atoms with van der Waals surface area (Å²) < 4.78 is 5.50. The average Bonchev–Trinajstić information content (AvgIpc) is 3.03. The van der Waals surface area contributed by atoms with Gasteiger partial charge in [0, 0.05) is 16.8 Å². The minimum absolute atomic E-state index is 0.121. The molecular weight excluding hydrogens is 302 g/mol. The van der Waals surface area contributed by atoms with Crippen molar-refractivity contribution in [1.82, 2.24) is 0 Å². The summed E-state index contributed by atoms with van der Waals surface area (Å²) in [6.45, 7) is 3.83. The largest absolute Gasteiger partial charge is 0.459 e. The van der Waals surface area contributed by atoms with Gasteiger partial charge in [0.15, 0.2) is 0 Å². The minimum Gasteiger partial charge on any atom is -0.459 e. The highest BCUT2D eigenvalue weighted by atomic mass is 16.4. The van der Waals surface area contributed by atoms with Crippen LogP contribution in [0, 0.1) is 13.8 Å². The van der Waals surface area contributed by atoms with Crippen LogP contribution in [0.5, 0.6) is 0 Å². The molecule has 1 aromatic heterocycles. The van der Waals surface area contributed by atoms with Crippen molar-refractivity contribution in [1.29, 1.82) is 0 Å². The highest BCUT2D eigenvalue weighted by molar-refractivity contribution is 6.04. The van der Waals surface area contributed by atoms with Gasteiger partial charge in [-0.1, -0.05) is 17.2 Å². The number of aliphatic hydroxyl groups is 1. The Hall–Kier alpha value is -2.85. The average molecular weight is 321 g/mol. The van der Waals surface area contributed by atoms with Crippen LogP contribution in [0.3, 0.4) is 0 Å². The second kappa shape index (κ2) is 6.72. The van der Waals surface area contributed by atoms with Gasteiger partial charge in [-0.15, -0.1) is 0 Å². The third-order valence-corrected chi connectivity index (χ3v) is 3.73. The van der Waals surface area contributed by atoms with Crippen molar-refractivity contribution in [2.24, 2.45) is 0 Å². The van der Waals surface area contributed by atoms with Gasteiger partial charge in [-0.3, -0.25) is 4.79 Å². The van der Waals surface area contributed by atoms with Crippen LogP contribution in [0.25, 0.3) is 11.3 Å². The number of carbonyl (C=O) groups is 1. The minimum atomic E-state index is -0.130. The molecule has 0 atom stereocenters. The fraction of sp³-hybridized carbons (Fsp3) is 0.150. The van der Waals surface area contributed by atoms with Crippen LogP contribution in [0.1, 0.15) is 27.2 Å². The Kier molecular flexibility index (Phi) is 4.49. The van der Waals surface area contributed by atoms with Gasteiger partial charge in [0.05, 0.1) is 0 Å². The van der Waals surface area contributed by atoms with Gasteiger partial charge in [0.25, 0.3) is 5.91 Å². The zero-order valence-electron chi connectivity index (χ0n) is 13.7. The van der Waals surface area contributed by atoms with Crippen molar-refractivity contribution in [3.05, 3.63) is 77.0 Å². The Morgan fingerprint density at radius 1 is 1.00 bits per heavy atom. The molecule has 3 rings (SSSR count). The third-order valence-electron chi connectivity index (χ3n) is 3.73. The molecule has 0 fully saturated rings. The molecule has 0 saturated heterocycles. The Labute approximate surface area is 140 Å². The third kappa shape index (κ3) is 3.55. The number of hydrogen-bond acceptors (Lipinski definition) is 3. The molecule has 0 aliphatic rings. The number of hydrogen-bond donors (Lipinski definition) is 2. The molecule has 24 heavy (non-hydrogen) atoms. The number of nitrogens with one attached hydrogen (secondary N) is 1. The maximum absolute atomic E-state index is 12.4. The van der Waals surface area contributed by atoms with Gasteiger partial charge in [0.1, 0.15) is 18.1 Å². The van der Waals surface area contributed by atoms with Crippen LogP contribution in [0.15, 0.2) is 59.0 Å². The molecule has 0 saturated carbocycles. The van der Waals surface area contributed by atoms with E-state index in [2.05, 4.69) is 5.32 Å². The predicted octanol–water partition coefficient (Wildman–Crippen LogP) is 4.31. The van der Waals surface area contributed by atoms with Crippen molar-refractivity contribution < 1.29 is 14.3 Å². The molecule has 0 spiro atoms. The summed E-state index contributed by atoms with van der Waals surface area (Å²) in [7, 11) is 0. The Morgan fingerprint density at radius 3 is 2.25 bits per heavy atom. The molecule has 0 aliphatic carbocycles. The van der Waals surface area contributed by atoms with Gasteiger partial charge in [-0.25, -0.2) is 0 Å². The summed E-state index contributed by atoms with van der Waals surface area (Å²) in [6, 6.07) is 16.7. The number of amides is 1. The maximum atomic E-state index is 12.4. The van der Waals surface area contributed by atoms with E-state index >= 15 is 0 Å². The van der Waals surface area contributed by atoms with Crippen LogP contribution >= 0.6 is 0 Å². The van der Waals surface area contributed by atoms with Crippen LogP contribution < -0.4 is 5.32 Å². The predicted molar refractivity (Wildman–Crippen MR) is 93.9 cm³/mol. The topological polar surface area (TPSA) is 62.5 Å². The molecule has 4 nitrogen and oxygen atoms in total. The van der Waals surface area contributed by atoms with Crippen LogP contribution in [-0.2, 0) is 6.61 Å². The van der Waals surface area contributed by atoms with Crippen molar-refractivity contribution in [3.63, 3.8) is 0 Å². The normalized spacial score (nSPS) is 10.6. The molecule has 2 aromatic carbocycles. The SMILES string of the molecule is Cc1cc(C)cc(C(=O)Nc2ccc(-c3ccc(CO)o3)cc2)c1. The Bertz CT molecular complexity index is 843. The fourth-order valence-corrected chi connectivity index (χ4v) is 2.64. The molecular formula is C20H19NO3. The van der Waals surface area contributed by atoms with Gasteiger partial charge in [-0.05, 0) is 62.4 Å². The number of rotatable bonds is 4. The maximum Gasteiger partial charge on any atom is 0.255 e. The van der Waals surface area contributed by atoms with E-state index in [4.69, 9.17) is 9.52 Å². The number of benzene rings is 2. The van der Waals surface area contributed by atoms with Gasteiger partial charge < -0.3 is 14.8 Å². The zero-order valence-corrected chi connectivity index (χ0v) is 13.7. The summed E-state index contributed by atoms with van der Waals surface area (Å²) in [4.78, 5) is 12.4. The molecule has 122 valence electrons. The van der Waals surface area contributed by atoms with Crippen molar-refractivity contribution in [2.45, 2.75) is 20.5 Å². The molecule has 0 unspecified atom stereocenters. The number of carbonyl (C=O) groups excluding carboxylic acids is 1. The number of aliphatic hydroxyl groups excluding tert-OH is 1. The van der Waals surface area contributed by atoms with E-state index in [0.29, 0.717) is 17.1 Å². The van der Waals surface area contributed by atoms with E-state index in [1.54, 1.807) is 6.07 Å². The number of aryl methyl sites for hydroxylation is 2. The van der Waals surface area contributed by atoms with Crippen LogP contribution in [0.2, 0.25) is 0 Å². The monoisotopic (exact) mass is 321 g/mol. The lowest BCUT2D eigenvalue weighted by Gasteiger charge is -2.08. The molecule has 3 aromatic rings. The van der Waals surface area contributed by atoms with E-state index in [1.165, 1.54) is 0 Å². The molecule has 0 aliphatic heterocycles. The van der Waals surface area contributed by atoms with Crippen molar-refractivity contribution in [3.8, 4) is 11.3 Å². The molecule has 1 amide bonds. The molecule has 0 bridgehead atoms. The quantitative estimate of drug-likeness (QED) is 0.753. The first-order valence-electron chi connectivity index (χ1n) is 7.75. The Balaban J connectivity index is 1.75. The number of anilines is 1. The van der Waals surface area contributed by atoms with Crippen LogP contribution in [-0.4, -0.2) is 11.0 Å². The first-order valence-corrected chi connectivity index (χ1v) is 7.75. The highest BCUT2D eigenvalue weighted by Crippen LogP contribution is 2.24. The van der Waals surface area contributed by atoms with Crippen molar-refractivity contribution in [2.75, 3.05) is 5.32 Å². The summed E-state index contributed by atoms with van der Waals surface area (Å²) in [5.41, 5.74) is 4.38. The van der Waals surface area contributed by atoms with Crippen molar-refractivity contribution >= 4 is 11.6 Å². The summed E-state index contributed by atoms with van der Waals surface area (Å²) >= 11 is 0. The van der Waals surface area contributed by atoms with E-state index in [1.807, 2.05) is 62.4 Å². The second-order valence-corrected chi connectivity index (χ2v) is 5.83. The first kappa shape index (κ1) is 16.0. The molecule has 2 N–H and O–H groups in total. The second-order valence-electron chi connectivity index (χ2n) is 5.83. The summed E-state index contributed by atoms with van der Waals surface area (Å²) in [5, 5.41) is 11.9. The standard InChI is InChI=1S/C20H19NO3/c1-13-9-14(2)11-16(10-13)20(23)21-17-5-3-15(4-6-17)19-8-7-18(12-22)24-19/h3-11,22H,12H2,1-2H3,(H,21,23). The fourth-order valence-electron chi connectivity index (χ4n) is 2.64. The van der Waals surface area contributed by atoms with Crippen LogP contribution in [0.4, 0.5) is 5.69 Å². The lowest BCUT2D eigenvalue weighted by Crippen LogP contribution is -2.12. The van der Waals surface area contributed by atoms with E-state index < -0.39 is 0 Å². The highest BCUT2D eigenvalue weighted by Gasteiger charge is 2.08. The lowest BCUT2D eigenvalue weighted by molar-refractivity contribution is 0.102. The molecule has 4 heteroatoms. The summed E-state index contributed by atoms with van der Waals surface area (Å²) in [6.07, 6.45) is 0. The lowest BCUT2D eigenvalue weighted by atomic mass is 10.1. The molecule has 0 radical (unpaired) electrons. The smallest absolute Gasteiger partial charge is 0.255 e.